The number of amides is 2. The Balaban J connectivity index is 1.19. The van der Waals surface area contributed by atoms with Crippen LogP contribution in [0.3, 0.4) is 0 Å². The van der Waals surface area contributed by atoms with Crippen molar-refractivity contribution in [1.82, 2.24) is 10.3 Å². The standard InChI is InChI=1S/C23H25N3O2S/c27-22(24-13-11-17-15-25-20-8-4-2-6-18(17)20)12-14-29-21-10-9-16-5-1-3-7-19(16)26-23(21)28/h1-8,15,21,25H,9-14H2,(H,24,27)(H,26,28)/t21-/m0/s1. The van der Waals surface area contributed by atoms with Crippen molar-refractivity contribution in [3.8, 4) is 0 Å². The van der Waals surface area contributed by atoms with Gasteiger partial charge in [-0.05, 0) is 42.5 Å². The number of rotatable bonds is 7. The number of benzene rings is 2. The van der Waals surface area contributed by atoms with Crippen LogP contribution < -0.4 is 10.6 Å². The number of thioether (sulfide) groups is 1. The summed E-state index contributed by atoms with van der Waals surface area (Å²) in [6.07, 6.45) is 4.91. The molecule has 2 aromatic carbocycles. The van der Waals surface area contributed by atoms with E-state index in [0.29, 0.717) is 18.7 Å². The van der Waals surface area contributed by atoms with Gasteiger partial charge in [-0.1, -0.05) is 36.4 Å². The van der Waals surface area contributed by atoms with Crippen molar-refractivity contribution in [2.45, 2.75) is 30.9 Å². The van der Waals surface area contributed by atoms with Crippen LogP contribution in [0.1, 0.15) is 24.0 Å². The first-order valence-corrected chi connectivity index (χ1v) is 11.1. The highest BCUT2D eigenvalue weighted by Crippen LogP contribution is 2.27. The van der Waals surface area contributed by atoms with E-state index in [4.69, 9.17) is 0 Å². The molecule has 3 N–H and O–H groups in total. The molecule has 0 fully saturated rings. The SMILES string of the molecule is O=C(CCS[C@H]1CCc2ccccc2NC1=O)NCCc1c[nH]c2ccccc12. The Hall–Kier alpha value is -2.73. The highest BCUT2D eigenvalue weighted by Gasteiger charge is 2.23. The number of aryl methyl sites for hydroxylation is 1. The molecule has 0 spiro atoms. The van der Waals surface area contributed by atoms with Crippen molar-refractivity contribution in [1.29, 1.82) is 0 Å². The Morgan fingerprint density at radius 2 is 1.97 bits per heavy atom. The number of aromatic amines is 1. The zero-order valence-electron chi connectivity index (χ0n) is 16.2. The molecule has 3 aromatic rings. The van der Waals surface area contributed by atoms with Gasteiger partial charge in [-0.15, -0.1) is 11.8 Å². The van der Waals surface area contributed by atoms with Crippen LogP contribution in [0, 0.1) is 0 Å². The summed E-state index contributed by atoms with van der Waals surface area (Å²) in [5.74, 6) is 0.724. The summed E-state index contributed by atoms with van der Waals surface area (Å²) in [7, 11) is 0. The van der Waals surface area contributed by atoms with Crippen LogP contribution >= 0.6 is 11.8 Å². The van der Waals surface area contributed by atoms with Gasteiger partial charge in [0.1, 0.15) is 0 Å². The molecular formula is C23H25N3O2S. The third kappa shape index (κ3) is 4.82. The number of nitrogens with one attached hydrogen (secondary N) is 3. The topological polar surface area (TPSA) is 74.0 Å². The second-order valence-electron chi connectivity index (χ2n) is 7.25. The lowest BCUT2D eigenvalue weighted by atomic mass is 10.1. The maximum absolute atomic E-state index is 12.4. The molecule has 0 aliphatic carbocycles. The lowest BCUT2D eigenvalue weighted by Gasteiger charge is -2.12. The van der Waals surface area contributed by atoms with E-state index in [2.05, 4.69) is 33.8 Å². The number of carbonyl (C=O) groups is 2. The van der Waals surface area contributed by atoms with Crippen LogP contribution in [0.2, 0.25) is 0 Å². The van der Waals surface area contributed by atoms with E-state index in [1.54, 1.807) is 11.8 Å². The van der Waals surface area contributed by atoms with E-state index in [9.17, 15) is 9.59 Å². The molecule has 150 valence electrons. The second-order valence-corrected chi connectivity index (χ2v) is 8.56. The van der Waals surface area contributed by atoms with Crippen LogP contribution in [0.4, 0.5) is 5.69 Å². The lowest BCUT2D eigenvalue weighted by molar-refractivity contribution is -0.120. The molecule has 1 atom stereocenters. The largest absolute Gasteiger partial charge is 0.361 e. The van der Waals surface area contributed by atoms with Crippen LogP contribution in [-0.2, 0) is 22.4 Å². The van der Waals surface area contributed by atoms with Crippen molar-refractivity contribution < 1.29 is 9.59 Å². The number of carbonyl (C=O) groups excluding carboxylic acids is 2. The average Bonchev–Trinajstić information content (AvgIpc) is 3.07. The molecule has 4 rings (SSSR count). The molecule has 2 heterocycles. The molecule has 1 aliphatic heterocycles. The number of aromatic nitrogens is 1. The minimum absolute atomic E-state index is 0.0367. The number of anilines is 1. The fraction of sp³-hybridized carbons (Fsp3) is 0.304. The van der Waals surface area contributed by atoms with E-state index in [0.717, 1.165) is 30.5 Å². The van der Waals surface area contributed by atoms with Gasteiger partial charge in [-0.2, -0.15) is 0 Å². The van der Waals surface area contributed by atoms with Crippen LogP contribution in [-0.4, -0.2) is 34.3 Å². The first kappa shape index (κ1) is 19.6. The van der Waals surface area contributed by atoms with Gasteiger partial charge in [-0.25, -0.2) is 0 Å². The molecule has 0 unspecified atom stereocenters. The summed E-state index contributed by atoms with van der Waals surface area (Å²) in [6, 6.07) is 16.1. The predicted octanol–water partition coefficient (Wildman–Crippen LogP) is 3.90. The van der Waals surface area contributed by atoms with Gasteiger partial charge in [0, 0.05) is 41.5 Å². The predicted molar refractivity (Wildman–Crippen MR) is 119 cm³/mol. The highest BCUT2D eigenvalue weighted by atomic mass is 32.2. The third-order valence-corrected chi connectivity index (χ3v) is 6.58. The number of hydrogen-bond acceptors (Lipinski definition) is 3. The van der Waals surface area contributed by atoms with Crippen molar-refractivity contribution in [3.63, 3.8) is 0 Å². The lowest BCUT2D eigenvalue weighted by Crippen LogP contribution is -2.27. The molecule has 5 nitrogen and oxygen atoms in total. The van der Waals surface area contributed by atoms with Gasteiger partial charge in [0.2, 0.25) is 11.8 Å². The van der Waals surface area contributed by atoms with E-state index in [1.165, 1.54) is 16.5 Å². The van der Waals surface area contributed by atoms with Gasteiger partial charge in [0.25, 0.3) is 0 Å². The zero-order chi connectivity index (χ0) is 20.1. The molecule has 0 saturated heterocycles. The summed E-state index contributed by atoms with van der Waals surface area (Å²) in [5, 5.41) is 7.10. The quantitative estimate of drug-likeness (QED) is 0.556. The minimum Gasteiger partial charge on any atom is -0.361 e. The van der Waals surface area contributed by atoms with Crippen LogP contribution in [0.15, 0.2) is 54.7 Å². The molecule has 0 radical (unpaired) electrons. The Morgan fingerprint density at radius 3 is 2.90 bits per heavy atom. The number of H-pyrrole nitrogens is 1. The fourth-order valence-electron chi connectivity index (χ4n) is 3.71. The van der Waals surface area contributed by atoms with E-state index in [-0.39, 0.29) is 17.1 Å². The highest BCUT2D eigenvalue weighted by molar-refractivity contribution is 8.00. The summed E-state index contributed by atoms with van der Waals surface area (Å²) >= 11 is 1.57. The van der Waals surface area contributed by atoms with E-state index < -0.39 is 0 Å². The maximum Gasteiger partial charge on any atom is 0.237 e. The maximum atomic E-state index is 12.4. The Bertz CT molecular complexity index is 1010. The molecular weight excluding hydrogens is 382 g/mol. The summed E-state index contributed by atoms with van der Waals surface area (Å²) in [5.41, 5.74) is 4.42. The Morgan fingerprint density at radius 1 is 1.14 bits per heavy atom. The van der Waals surface area contributed by atoms with Crippen molar-refractivity contribution >= 4 is 40.2 Å². The van der Waals surface area contributed by atoms with Crippen molar-refractivity contribution in [3.05, 3.63) is 65.9 Å². The van der Waals surface area contributed by atoms with Crippen LogP contribution in [0.25, 0.3) is 10.9 Å². The summed E-state index contributed by atoms with van der Waals surface area (Å²) in [4.78, 5) is 27.9. The third-order valence-electron chi connectivity index (χ3n) is 5.28. The molecule has 29 heavy (non-hydrogen) atoms. The van der Waals surface area contributed by atoms with Gasteiger partial charge in [-0.3, -0.25) is 9.59 Å². The first-order chi connectivity index (χ1) is 14.2. The fourth-order valence-corrected chi connectivity index (χ4v) is 4.79. The molecule has 0 saturated carbocycles. The monoisotopic (exact) mass is 407 g/mol. The average molecular weight is 408 g/mol. The smallest absolute Gasteiger partial charge is 0.237 e. The molecule has 1 aromatic heterocycles. The zero-order valence-corrected chi connectivity index (χ0v) is 17.1. The molecule has 6 heteroatoms. The number of fused-ring (bicyclic) bond motifs is 2. The Labute approximate surface area is 174 Å². The number of hydrogen-bond donors (Lipinski definition) is 3. The first-order valence-electron chi connectivity index (χ1n) is 10.0. The van der Waals surface area contributed by atoms with E-state index >= 15 is 0 Å². The van der Waals surface area contributed by atoms with Gasteiger partial charge >= 0.3 is 0 Å². The Kier molecular flexibility index (Phi) is 6.20. The second kappa shape index (κ2) is 9.18. The summed E-state index contributed by atoms with van der Waals surface area (Å²) < 4.78 is 0. The minimum atomic E-state index is -0.110. The normalized spacial score (nSPS) is 16.1. The molecule has 0 bridgehead atoms. The van der Waals surface area contributed by atoms with Crippen molar-refractivity contribution in [2.75, 3.05) is 17.6 Å². The van der Waals surface area contributed by atoms with Gasteiger partial charge < -0.3 is 15.6 Å². The van der Waals surface area contributed by atoms with E-state index in [1.807, 2.05) is 36.5 Å². The summed E-state index contributed by atoms with van der Waals surface area (Å²) in [6.45, 7) is 0.616. The van der Waals surface area contributed by atoms with Crippen LogP contribution in [0.5, 0.6) is 0 Å². The van der Waals surface area contributed by atoms with Gasteiger partial charge in [0.05, 0.1) is 5.25 Å². The van der Waals surface area contributed by atoms with Gasteiger partial charge in [0.15, 0.2) is 0 Å². The molecule has 2 amide bonds. The molecule has 1 aliphatic rings. The number of para-hydroxylation sites is 2. The van der Waals surface area contributed by atoms with Crippen molar-refractivity contribution in [2.24, 2.45) is 0 Å².